The van der Waals surface area contributed by atoms with Crippen molar-refractivity contribution in [3.63, 3.8) is 0 Å². The average Bonchev–Trinajstić information content (AvgIpc) is 2.89. The predicted molar refractivity (Wildman–Crippen MR) is 131 cm³/mol. The molecule has 1 saturated heterocycles. The Bertz CT molecular complexity index is 1160. The largest absolute Gasteiger partial charge is 0.477 e. The fourth-order valence-electron chi connectivity index (χ4n) is 4.40. The van der Waals surface area contributed by atoms with Crippen LogP contribution < -0.4 is 15.0 Å². The molecule has 0 bridgehead atoms. The van der Waals surface area contributed by atoms with Crippen LogP contribution >= 0.6 is 0 Å². The van der Waals surface area contributed by atoms with E-state index in [0.717, 1.165) is 22.5 Å². The first-order valence-corrected chi connectivity index (χ1v) is 11.5. The van der Waals surface area contributed by atoms with Crippen molar-refractivity contribution in [3.8, 4) is 16.9 Å². The van der Waals surface area contributed by atoms with Gasteiger partial charge in [-0.2, -0.15) is 0 Å². The van der Waals surface area contributed by atoms with Crippen LogP contribution in [0.3, 0.4) is 0 Å². The molecule has 0 spiro atoms. The van der Waals surface area contributed by atoms with Crippen LogP contribution in [-0.2, 0) is 14.3 Å². The van der Waals surface area contributed by atoms with Crippen molar-refractivity contribution in [2.45, 2.75) is 6.10 Å². The number of rotatable bonds is 5. The molecule has 3 aromatic rings. The van der Waals surface area contributed by atoms with E-state index >= 15 is 0 Å². The molecule has 5 rings (SSSR count). The Morgan fingerprint density at radius 1 is 0.882 bits per heavy atom. The number of carbonyl (C=O) groups excluding carboxylic acids is 2. The van der Waals surface area contributed by atoms with Crippen molar-refractivity contribution < 1.29 is 19.1 Å². The molecule has 174 valence electrons. The zero-order valence-corrected chi connectivity index (χ0v) is 18.9. The van der Waals surface area contributed by atoms with Crippen LogP contribution in [0.1, 0.15) is 0 Å². The highest BCUT2D eigenvalue weighted by atomic mass is 16.5. The van der Waals surface area contributed by atoms with Crippen LogP contribution in [0.15, 0.2) is 78.9 Å². The van der Waals surface area contributed by atoms with E-state index in [1.165, 1.54) is 0 Å². The minimum Gasteiger partial charge on any atom is -0.477 e. The lowest BCUT2D eigenvalue weighted by molar-refractivity contribution is -0.142. The summed E-state index contributed by atoms with van der Waals surface area (Å²) >= 11 is 0. The topological polar surface area (TPSA) is 71.1 Å². The zero-order valence-electron chi connectivity index (χ0n) is 18.9. The second-order valence-corrected chi connectivity index (χ2v) is 8.35. The molecule has 1 fully saturated rings. The van der Waals surface area contributed by atoms with E-state index in [-0.39, 0.29) is 18.4 Å². The van der Waals surface area contributed by atoms with E-state index in [1.54, 1.807) is 4.90 Å². The minimum atomic E-state index is -0.669. The third-order valence-corrected chi connectivity index (χ3v) is 6.08. The van der Waals surface area contributed by atoms with Gasteiger partial charge in [0.15, 0.2) is 6.10 Å². The highest BCUT2D eigenvalue weighted by Gasteiger charge is 2.34. The first-order valence-electron chi connectivity index (χ1n) is 11.5. The first-order chi connectivity index (χ1) is 16.7. The van der Waals surface area contributed by atoms with Crippen LogP contribution in [0.4, 0.5) is 11.4 Å². The van der Waals surface area contributed by atoms with Crippen molar-refractivity contribution in [1.29, 1.82) is 0 Å². The zero-order chi connectivity index (χ0) is 23.3. The van der Waals surface area contributed by atoms with Crippen LogP contribution in [-0.4, -0.2) is 62.2 Å². The first kappa shape index (κ1) is 22.0. The Labute approximate surface area is 198 Å². The molecule has 7 heteroatoms. The number of hydrogen-bond acceptors (Lipinski definition) is 5. The maximum atomic E-state index is 13.1. The fraction of sp³-hybridized carbons (Fsp3) is 0.259. The number of benzene rings is 3. The molecular formula is C27H27N3O4. The summed E-state index contributed by atoms with van der Waals surface area (Å²) in [4.78, 5) is 29.9. The lowest BCUT2D eigenvalue weighted by Crippen LogP contribution is -2.53. The van der Waals surface area contributed by atoms with Crippen molar-refractivity contribution in [2.24, 2.45) is 0 Å². The number of nitrogens with zero attached hydrogens (tertiary/aromatic N) is 2. The monoisotopic (exact) mass is 457 g/mol. The van der Waals surface area contributed by atoms with Gasteiger partial charge in [-0.1, -0.05) is 60.7 Å². The van der Waals surface area contributed by atoms with E-state index in [2.05, 4.69) is 5.32 Å². The molecule has 7 nitrogen and oxygen atoms in total. The molecular weight excluding hydrogens is 430 g/mol. The number of ether oxygens (including phenoxy) is 2. The van der Waals surface area contributed by atoms with Gasteiger partial charge in [0.1, 0.15) is 5.75 Å². The molecule has 34 heavy (non-hydrogen) atoms. The van der Waals surface area contributed by atoms with E-state index in [1.807, 2.05) is 83.8 Å². The second-order valence-electron chi connectivity index (χ2n) is 8.35. The lowest BCUT2D eigenvalue weighted by atomic mass is 10.0. The molecule has 2 aliphatic heterocycles. The number of amides is 2. The molecule has 3 aromatic carbocycles. The van der Waals surface area contributed by atoms with Crippen LogP contribution in [0.5, 0.6) is 5.75 Å². The SMILES string of the molecule is O=C(CN1C[C@@H](C(=O)N2CCOCC2)Oc2ccccc21)Nc1ccccc1-c1ccccc1. The van der Waals surface area contributed by atoms with Crippen LogP contribution in [0, 0.1) is 0 Å². The molecule has 2 aliphatic rings. The summed E-state index contributed by atoms with van der Waals surface area (Å²) in [7, 11) is 0. The van der Waals surface area contributed by atoms with E-state index in [0.29, 0.717) is 38.6 Å². The Kier molecular flexibility index (Phi) is 6.44. The van der Waals surface area contributed by atoms with Gasteiger partial charge in [0.25, 0.3) is 5.91 Å². The number of hydrogen-bond donors (Lipinski definition) is 1. The number of para-hydroxylation sites is 3. The summed E-state index contributed by atoms with van der Waals surface area (Å²) in [6, 6.07) is 25.2. The molecule has 1 N–H and O–H groups in total. The van der Waals surface area contributed by atoms with Gasteiger partial charge < -0.3 is 24.6 Å². The maximum absolute atomic E-state index is 13.1. The molecule has 0 unspecified atom stereocenters. The van der Waals surface area contributed by atoms with Gasteiger partial charge in [0.05, 0.1) is 32.0 Å². The van der Waals surface area contributed by atoms with Gasteiger partial charge in [-0.15, -0.1) is 0 Å². The highest BCUT2D eigenvalue weighted by Crippen LogP contribution is 2.34. The van der Waals surface area contributed by atoms with Gasteiger partial charge in [-0.25, -0.2) is 0 Å². The van der Waals surface area contributed by atoms with Crippen molar-refractivity contribution in [2.75, 3.05) is 49.6 Å². The minimum absolute atomic E-state index is 0.0716. The Morgan fingerprint density at radius 3 is 2.41 bits per heavy atom. The fourth-order valence-corrected chi connectivity index (χ4v) is 4.40. The number of nitrogens with one attached hydrogen (secondary N) is 1. The normalized spacial score (nSPS) is 17.5. The second kappa shape index (κ2) is 9.97. The van der Waals surface area contributed by atoms with Gasteiger partial charge in [-0.3, -0.25) is 9.59 Å². The average molecular weight is 458 g/mol. The number of carbonyl (C=O) groups is 2. The van der Waals surface area contributed by atoms with E-state index in [9.17, 15) is 9.59 Å². The summed E-state index contributed by atoms with van der Waals surface area (Å²) in [6.07, 6.45) is -0.669. The van der Waals surface area contributed by atoms with Gasteiger partial charge in [0, 0.05) is 24.3 Å². The Hall–Kier alpha value is -3.84. The number of morpholine rings is 1. The Balaban J connectivity index is 1.33. The van der Waals surface area contributed by atoms with Gasteiger partial charge in [0.2, 0.25) is 5.91 Å². The maximum Gasteiger partial charge on any atom is 0.265 e. The lowest BCUT2D eigenvalue weighted by Gasteiger charge is -2.38. The summed E-state index contributed by atoms with van der Waals surface area (Å²) in [5.74, 6) is 0.383. The standard InChI is InChI=1S/C27H27N3O4/c31-26(28-22-11-5-4-10-21(22)20-8-2-1-3-9-20)19-30-18-25(27(32)29-14-16-33-17-15-29)34-24-13-7-6-12-23(24)30/h1-13,25H,14-19H2,(H,28,31)/t25-/m0/s1. The summed E-state index contributed by atoms with van der Waals surface area (Å²) in [5, 5.41) is 3.06. The number of fused-ring (bicyclic) bond motifs is 1. The third kappa shape index (κ3) is 4.75. The molecule has 0 aliphatic carbocycles. The van der Waals surface area contributed by atoms with E-state index < -0.39 is 6.10 Å². The quantitative estimate of drug-likeness (QED) is 0.636. The third-order valence-electron chi connectivity index (χ3n) is 6.08. The van der Waals surface area contributed by atoms with Crippen LogP contribution in [0.2, 0.25) is 0 Å². The molecule has 0 aromatic heterocycles. The van der Waals surface area contributed by atoms with Crippen LogP contribution in [0.25, 0.3) is 11.1 Å². The van der Waals surface area contributed by atoms with E-state index in [4.69, 9.17) is 9.47 Å². The van der Waals surface area contributed by atoms with Crippen molar-refractivity contribution in [3.05, 3.63) is 78.9 Å². The summed E-state index contributed by atoms with van der Waals surface area (Å²) in [5.41, 5.74) is 3.55. The van der Waals surface area contributed by atoms with Crippen molar-refractivity contribution in [1.82, 2.24) is 4.90 Å². The molecule has 2 amide bonds. The molecule has 0 radical (unpaired) electrons. The summed E-state index contributed by atoms with van der Waals surface area (Å²) < 4.78 is 11.4. The van der Waals surface area contributed by atoms with Gasteiger partial charge in [-0.05, 0) is 23.8 Å². The summed E-state index contributed by atoms with van der Waals surface area (Å²) in [6.45, 7) is 2.58. The van der Waals surface area contributed by atoms with Crippen molar-refractivity contribution >= 4 is 23.2 Å². The molecule has 2 heterocycles. The number of anilines is 2. The smallest absolute Gasteiger partial charge is 0.265 e. The predicted octanol–water partition coefficient (Wildman–Crippen LogP) is 3.42. The highest BCUT2D eigenvalue weighted by molar-refractivity contribution is 5.98. The molecule has 0 saturated carbocycles. The molecule has 1 atom stereocenters. The Morgan fingerprint density at radius 2 is 1.59 bits per heavy atom. The van der Waals surface area contributed by atoms with Gasteiger partial charge >= 0.3 is 0 Å².